The molecule has 0 amide bonds. The van der Waals surface area contributed by atoms with Crippen LogP contribution in [0.1, 0.15) is 47.6 Å². The van der Waals surface area contributed by atoms with Crippen molar-refractivity contribution in [2.75, 3.05) is 29.3 Å². The second-order valence-electron chi connectivity index (χ2n) is 7.72. The van der Waals surface area contributed by atoms with Crippen LogP contribution in [0.25, 0.3) is 0 Å². The summed E-state index contributed by atoms with van der Waals surface area (Å²) in [4.78, 5) is 22.3. The molecule has 1 aromatic carbocycles. The number of alkyl halides is 3. The molecule has 0 radical (unpaired) electrons. The van der Waals surface area contributed by atoms with Crippen LogP contribution in [0, 0.1) is 13.8 Å². The lowest BCUT2D eigenvalue weighted by Gasteiger charge is -2.31. The van der Waals surface area contributed by atoms with Crippen molar-refractivity contribution in [3.8, 4) is 0 Å². The van der Waals surface area contributed by atoms with E-state index < -0.39 is 21.5 Å². The number of aromatic nitrogens is 2. The predicted molar refractivity (Wildman–Crippen MR) is 123 cm³/mol. The molecular formula is C21H25F3N6O4S. The van der Waals surface area contributed by atoms with Crippen LogP contribution in [0.3, 0.4) is 0 Å². The fourth-order valence-corrected chi connectivity index (χ4v) is 4.30. The van der Waals surface area contributed by atoms with E-state index in [1.165, 1.54) is 12.1 Å². The summed E-state index contributed by atoms with van der Waals surface area (Å²) in [6.07, 6.45) is 1.46. The van der Waals surface area contributed by atoms with Crippen molar-refractivity contribution >= 4 is 39.0 Å². The van der Waals surface area contributed by atoms with Crippen LogP contribution >= 0.6 is 0 Å². The third-order valence-corrected chi connectivity index (χ3v) is 6.43. The highest BCUT2D eigenvalue weighted by Gasteiger charge is 2.46. The van der Waals surface area contributed by atoms with Gasteiger partial charge < -0.3 is 9.64 Å². The van der Waals surface area contributed by atoms with Gasteiger partial charge in [0.2, 0.25) is 0 Å². The SMILES string of the molecule is CCOC(=O)c1c(C)nc(N=Nc2cc3c(cc2NS(=O)(=O)C(F)(F)F)N(CC)CCC3)nc1C. The van der Waals surface area contributed by atoms with E-state index in [4.69, 9.17) is 4.74 Å². The monoisotopic (exact) mass is 514 g/mol. The first-order chi connectivity index (χ1) is 16.4. The highest BCUT2D eigenvalue weighted by molar-refractivity contribution is 7.93. The number of nitrogens with zero attached hydrogens (tertiary/aromatic N) is 5. The van der Waals surface area contributed by atoms with Crippen molar-refractivity contribution in [1.29, 1.82) is 0 Å². The molecule has 1 aliphatic heterocycles. The highest BCUT2D eigenvalue weighted by Crippen LogP contribution is 2.39. The van der Waals surface area contributed by atoms with Crippen molar-refractivity contribution in [2.45, 2.75) is 46.0 Å². The van der Waals surface area contributed by atoms with Crippen LogP contribution in [-0.4, -0.2) is 49.6 Å². The van der Waals surface area contributed by atoms with E-state index in [9.17, 15) is 26.4 Å². The minimum Gasteiger partial charge on any atom is -0.462 e. The number of fused-ring (bicyclic) bond motifs is 1. The highest BCUT2D eigenvalue weighted by atomic mass is 32.2. The second kappa shape index (κ2) is 10.1. The molecule has 0 atom stereocenters. The molecule has 0 fully saturated rings. The number of benzene rings is 1. The standard InChI is InChI=1S/C21H25F3N6O4S/c1-5-30-9-7-8-14-10-15(16(11-17(14)30)29-35(32,33)21(22,23)24)27-28-20-25-12(3)18(13(4)26-20)19(31)34-6-2/h10-11,29H,5-9H2,1-4H3. The maximum atomic E-state index is 13.1. The summed E-state index contributed by atoms with van der Waals surface area (Å²) in [5.74, 6) is -0.740. The Bertz CT molecular complexity index is 1240. The molecule has 3 rings (SSSR count). The summed E-state index contributed by atoms with van der Waals surface area (Å²) in [5.41, 5.74) is -3.84. The maximum Gasteiger partial charge on any atom is 0.516 e. The van der Waals surface area contributed by atoms with Crippen molar-refractivity contribution in [3.05, 3.63) is 34.6 Å². The van der Waals surface area contributed by atoms with Crippen LogP contribution in [0.2, 0.25) is 0 Å². The first-order valence-electron chi connectivity index (χ1n) is 10.8. The molecule has 0 saturated heterocycles. The van der Waals surface area contributed by atoms with E-state index in [2.05, 4.69) is 20.2 Å². The fraction of sp³-hybridized carbons (Fsp3) is 0.476. The van der Waals surface area contributed by atoms with Crippen molar-refractivity contribution in [1.82, 2.24) is 9.97 Å². The molecule has 1 aliphatic rings. The molecule has 0 bridgehead atoms. The van der Waals surface area contributed by atoms with Gasteiger partial charge >= 0.3 is 21.5 Å². The van der Waals surface area contributed by atoms with Crippen molar-refractivity contribution < 1.29 is 31.1 Å². The lowest BCUT2D eigenvalue weighted by atomic mass is 10.0. The van der Waals surface area contributed by atoms with Crippen LogP contribution in [-0.2, 0) is 21.2 Å². The predicted octanol–water partition coefficient (Wildman–Crippen LogP) is 4.72. The van der Waals surface area contributed by atoms with Crippen LogP contribution in [0.15, 0.2) is 22.4 Å². The molecule has 190 valence electrons. The Morgan fingerprint density at radius 1 is 1.17 bits per heavy atom. The Labute approximate surface area is 200 Å². The van der Waals surface area contributed by atoms with Gasteiger partial charge in [-0.1, -0.05) is 0 Å². The molecule has 2 heterocycles. The number of hydrogen-bond acceptors (Lipinski definition) is 9. The third-order valence-electron chi connectivity index (χ3n) is 5.33. The molecule has 0 saturated carbocycles. The average molecular weight is 515 g/mol. The number of azo groups is 1. The molecule has 14 heteroatoms. The van der Waals surface area contributed by atoms with E-state index in [-0.39, 0.29) is 40.9 Å². The van der Waals surface area contributed by atoms with Crippen LogP contribution in [0.5, 0.6) is 0 Å². The molecule has 0 spiro atoms. The summed E-state index contributed by atoms with van der Waals surface area (Å²) in [7, 11) is -5.69. The minimum atomic E-state index is -5.69. The molecule has 1 N–H and O–H groups in total. The van der Waals surface area contributed by atoms with E-state index >= 15 is 0 Å². The van der Waals surface area contributed by atoms with E-state index in [1.807, 2.05) is 11.8 Å². The smallest absolute Gasteiger partial charge is 0.462 e. The summed E-state index contributed by atoms with van der Waals surface area (Å²) in [6, 6.07) is 2.83. The fourth-order valence-electron chi connectivity index (χ4n) is 3.73. The number of esters is 1. The number of rotatable bonds is 7. The molecule has 10 nitrogen and oxygen atoms in total. The molecule has 1 aromatic heterocycles. The molecule has 2 aromatic rings. The first-order valence-corrected chi connectivity index (χ1v) is 12.3. The quantitative estimate of drug-likeness (QED) is 0.418. The summed E-state index contributed by atoms with van der Waals surface area (Å²) >= 11 is 0. The van der Waals surface area contributed by atoms with Gasteiger partial charge in [0, 0.05) is 18.8 Å². The lowest BCUT2D eigenvalue weighted by molar-refractivity contribution is -0.0429. The zero-order valence-electron chi connectivity index (χ0n) is 19.6. The van der Waals surface area contributed by atoms with Gasteiger partial charge in [-0.3, -0.25) is 4.72 Å². The van der Waals surface area contributed by atoms with Gasteiger partial charge in [-0.2, -0.15) is 21.6 Å². The Balaban J connectivity index is 2.06. The summed E-state index contributed by atoms with van der Waals surface area (Å²) < 4.78 is 69.4. The molecule has 0 aliphatic carbocycles. The van der Waals surface area contributed by atoms with Crippen LogP contribution in [0.4, 0.5) is 36.2 Å². The third kappa shape index (κ3) is 5.69. The molecule has 35 heavy (non-hydrogen) atoms. The number of carbonyl (C=O) groups excluding carboxylic acids is 1. The Morgan fingerprint density at radius 3 is 2.40 bits per heavy atom. The van der Waals surface area contributed by atoms with Gasteiger partial charge in [0.15, 0.2) is 0 Å². The number of ether oxygens (including phenoxy) is 1. The zero-order valence-corrected chi connectivity index (χ0v) is 20.4. The number of hydrogen-bond donors (Lipinski definition) is 1. The second-order valence-corrected chi connectivity index (χ2v) is 9.40. The molecular weight excluding hydrogens is 489 g/mol. The van der Waals surface area contributed by atoms with Gasteiger partial charge in [-0.05, 0) is 58.2 Å². The minimum absolute atomic E-state index is 0.122. The van der Waals surface area contributed by atoms with Gasteiger partial charge in [-0.25, -0.2) is 14.8 Å². The number of nitrogens with one attached hydrogen (secondary N) is 1. The molecule has 0 unspecified atom stereocenters. The number of aryl methyl sites for hydroxylation is 3. The number of anilines is 2. The Kier molecular flexibility index (Phi) is 7.62. The van der Waals surface area contributed by atoms with E-state index in [0.29, 0.717) is 25.2 Å². The average Bonchev–Trinajstić information content (AvgIpc) is 2.76. The van der Waals surface area contributed by atoms with E-state index in [1.54, 1.807) is 25.5 Å². The van der Waals surface area contributed by atoms with Crippen molar-refractivity contribution in [3.63, 3.8) is 0 Å². The van der Waals surface area contributed by atoms with Gasteiger partial charge in [-0.15, -0.1) is 10.2 Å². The largest absolute Gasteiger partial charge is 0.516 e. The Hall–Kier alpha value is -3.29. The summed E-state index contributed by atoms with van der Waals surface area (Å²) in [5, 5.41) is 7.87. The Morgan fingerprint density at radius 2 is 1.83 bits per heavy atom. The van der Waals surface area contributed by atoms with Crippen molar-refractivity contribution in [2.24, 2.45) is 10.2 Å². The van der Waals surface area contributed by atoms with Crippen LogP contribution < -0.4 is 9.62 Å². The first kappa shape index (κ1) is 26.3. The summed E-state index contributed by atoms with van der Waals surface area (Å²) in [6.45, 7) is 8.12. The normalized spacial score (nSPS) is 14.2. The zero-order chi connectivity index (χ0) is 26.0. The topological polar surface area (TPSA) is 126 Å². The van der Waals surface area contributed by atoms with Gasteiger partial charge in [0.25, 0.3) is 5.95 Å². The lowest BCUT2D eigenvalue weighted by Crippen LogP contribution is -2.31. The van der Waals surface area contributed by atoms with Gasteiger partial charge in [0.1, 0.15) is 11.3 Å². The number of sulfonamides is 1. The van der Waals surface area contributed by atoms with E-state index in [0.717, 1.165) is 12.0 Å². The number of carbonyl (C=O) groups is 1. The number of halogens is 3. The maximum absolute atomic E-state index is 13.1. The van der Waals surface area contributed by atoms with Gasteiger partial charge in [0.05, 0.1) is 23.7 Å².